The van der Waals surface area contributed by atoms with E-state index in [-0.39, 0.29) is 48.5 Å². The molecule has 0 aromatic heterocycles. The number of aliphatic hydroxyl groups excluding tert-OH is 1. The number of amides is 1. The van der Waals surface area contributed by atoms with Crippen LogP contribution in [0.2, 0.25) is 0 Å². The summed E-state index contributed by atoms with van der Waals surface area (Å²) in [5, 5.41) is 20.7. The summed E-state index contributed by atoms with van der Waals surface area (Å²) in [6.45, 7) is 6.49. The molecule has 32 heavy (non-hydrogen) atoms. The van der Waals surface area contributed by atoms with Crippen LogP contribution in [0, 0.1) is 5.92 Å². The maximum absolute atomic E-state index is 11.9. The molecule has 0 aliphatic rings. The molecule has 7 heteroatoms. The molecule has 0 atom stereocenters. The summed E-state index contributed by atoms with van der Waals surface area (Å²) in [6, 6.07) is 0. The van der Waals surface area contributed by atoms with Gasteiger partial charge < -0.3 is 15.5 Å². The average Bonchev–Trinajstić information content (AvgIpc) is 2.72. The molecule has 6 nitrogen and oxygen atoms in total. The predicted octanol–water partition coefficient (Wildman–Crippen LogP) is 4.34. The molecule has 0 heterocycles. The van der Waals surface area contributed by atoms with E-state index >= 15 is 0 Å². The topological polar surface area (TPSA) is 89.9 Å². The molecule has 0 fully saturated rings. The SMILES string of the molecule is CC(C)CCCCCCCCCCCCCCC(=O)NCCN(CCO)CCC(=O)O.[NaH]. The van der Waals surface area contributed by atoms with Crippen LogP contribution in [0.1, 0.15) is 110 Å². The molecule has 0 aromatic carbocycles. The molecular formula is C25H51N2NaO4. The number of nitrogens with one attached hydrogen (secondary N) is 1. The van der Waals surface area contributed by atoms with Gasteiger partial charge in [-0.3, -0.25) is 14.5 Å². The molecule has 0 spiro atoms. The van der Waals surface area contributed by atoms with E-state index < -0.39 is 5.97 Å². The third-order valence-electron chi connectivity index (χ3n) is 5.74. The average molecular weight is 467 g/mol. The van der Waals surface area contributed by atoms with E-state index in [0.717, 1.165) is 18.8 Å². The van der Waals surface area contributed by atoms with Gasteiger partial charge in [-0.15, -0.1) is 0 Å². The Balaban J connectivity index is 0. The van der Waals surface area contributed by atoms with Crippen LogP contribution in [0.3, 0.4) is 0 Å². The second-order valence-electron chi connectivity index (χ2n) is 9.23. The summed E-state index contributed by atoms with van der Waals surface area (Å²) in [6.07, 6.45) is 17.5. The minimum absolute atomic E-state index is 0. The molecule has 0 aliphatic carbocycles. The molecule has 0 aliphatic heterocycles. The first-order valence-corrected chi connectivity index (χ1v) is 12.8. The number of hydrogen-bond acceptors (Lipinski definition) is 4. The van der Waals surface area contributed by atoms with Crippen LogP contribution in [-0.2, 0) is 9.59 Å². The molecule has 3 N–H and O–H groups in total. The molecule has 186 valence electrons. The monoisotopic (exact) mass is 466 g/mol. The van der Waals surface area contributed by atoms with Gasteiger partial charge in [0.15, 0.2) is 0 Å². The van der Waals surface area contributed by atoms with Gasteiger partial charge in [-0.1, -0.05) is 90.9 Å². The fourth-order valence-electron chi connectivity index (χ4n) is 3.78. The molecule has 0 rings (SSSR count). The maximum atomic E-state index is 11.9. The van der Waals surface area contributed by atoms with Crippen molar-refractivity contribution in [3.63, 3.8) is 0 Å². The Morgan fingerprint density at radius 1 is 0.750 bits per heavy atom. The quantitative estimate of drug-likeness (QED) is 0.154. The van der Waals surface area contributed by atoms with Crippen LogP contribution < -0.4 is 5.32 Å². The van der Waals surface area contributed by atoms with Crippen molar-refractivity contribution in [1.29, 1.82) is 0 Å². The third kappa shape index (κ3) is 26.1. The fraction of sp³-hybridized carbons (Fsp3) is 0.920. The van der Waals surface area contributed by atoms with Crippen LogP contribution >= 0.6 is 0 Å². The van der Waals surface area contributed by atoms with Gasteiger partial charge in [0.1, 0.15) is 0 Å². The van der Waals surface area contributed by atoms with E-state index in [1.165, 1.54) is 70.6 Å². The number of rotatable bonds is 23. The number of unbranched alkanes of at least 4 members (excludes halogenated alkanes) is 11. The number of carbonyl (C=O) groups is 2. The van der Waals surface area contributed by atoms with E-state index in [9.17, 15) is 9.59 Å². The fourth-order valence-corrected chi connectivity index (χ4v) is 3.78. The van der Waals surface area contributed by atoms with E-state index in [0.29, 0.717) is 32.6 Å². The number of carboxylic acid groups (broad SMARTS) is 1. The summed E-state index contributed by atoms with van der Waals surface area (Å²) >= 11 is 0. The summed E-state index contributed by atoms with van der Waals surface area (Å²) in [7, 11) is 0. The number of hydrogen-bond donors (Lipinski definition) is 3. The predicted molar refractivity (Wildman–Crippen MR) is 135 cm³/mol. The van der Waals surface area contributed by atoms with E-state index in [2.05, 4.69) is 19.2 Å². The first-order chi connectivity index (χ1) is 15.0. The Labute approximate surface area is 219 Å². The number of aliphatic carboxylic acids is 1. The molecule has 1 amide bonds. The van der Waals surface area contributed by atoms with Gasteiger partial charge in [0.2, 0.25) is 5.91 Å². The second kappa shape index (κ2) is 25.5. The molecule has 0 bridgehead atoms. The molecule has 0 unspecified atom stereocenters. The van der Waals surface area contributed by atoms with Crippen LogP contribution in [0.4, 0.5) is 0 Å². The summed E-state index contributed by atoms with van der Waals surface area (Å²) in [5.41, 5.74) is 0. The zero-order chi connectivity index (χ0) is 23.2. The Kier molecular flexibility index (Phi) is 27.1. The van der Waals surface area contributed by atoms with Crippen LogP contribution in [-0.4, -0.2) is 89.3 Å². The van der Waals surface area contributed by atoms with Crippen molar-refractivity contribution in [3.05, 3.63) is 0 Å². The van der Waals surface area contributed by atoms with Crippen molar-refractivity contribution in [2.75, 3.05) is 32.8 Å². The van der Waals surface area contributed by atoms with Crippen molar-refractivity contribution < 1.29 is 19.8 Å². The zero-order valence-electron chi connectivity index (χ0n) is 20.4. The molecule has 0 radical (unpaired) electrons. The number of carboxylic acids is 1. The summed E-state index contributed by atoms with van der Waals surface area (Å²) in [5.74, 6) is 0.0645. The molecule has 0 aromatic rings. The molecular weight excluding hydrogens is 415 g/mol. The molecule has 0 saturated carbocycles. The van der Waals surface area contributed by atoms with Gasteiger partial charge in [-0.2, -0.15) is 0 Å². The van der Waals surface area contributed by atoms with Crippen LogP contribution in [0.25, 0.3) is 0 Å². The number of carbonyl (C=O) groups excluding carboxylic acids is 1. The van der Waals surface area contributed by atoms with Crippen molar-refractivity contribution >= 4 is 41.4 Å². The standard InChI is InChI=1S/C25H50N2O4.Na.H/c1-23(2)15-13-11-9-7-5-3-4-6-8-10-12-14-16-24(29)26-18-20-27(21-22-28)19-17-25(30)31;;/h23,28H,3-22H2,1-2H3,(H,26,29)(H,30,31);;. The Hall–Kier alpha value is -0.140. The van der Waals surface area contributed by atoms with E-state index in [4.69, 9.17) is 10.2 Å². The van der Waals surface area contributed by atoms with Gasteiger partial charge in [-0.25, -0.2) is 0 Å². The van der Waals surface area contributed by atoms with Gasteiger partial charge >= 0.3 is 35.5 Å². The number of aliphatic hydroxyl groups is 1. The minimum atomic E-state index is -0.848. The Morgan fingerprint density at radius 3 is 1.72 bits per heavy atom. The van der Waals surface area contributed by atoms with Gasteiger partial charge in [0.25, 0.3) is 0 Å². The number of nitrogens with zero attached hydrogens (tertiary/aromatic N) is 1. The van der Waals surface area contributed by atoms with Crippen molar-refractivity contribution in [3.8, 4) is 0 Å². The van der Waals surface area contributed by atoms with Gasteiger partial charge in [0.05, 0.1) is 13.0 Å². The van der Waals surface area contributed by atoms with Crippen molar-refractivity contribution in [2.24, 2.45) is 5.92 Å². The zero-order valence-corrected chi connectivity index (χ0v) is 20.4. The van der Waals surface area contributed by atoms with Crippen molar-refractivity contribution in [2.45, 2.75) is 110 Å². The first-order valence-electron chi connectivity index (χ1n) is 12.8. The Morgan fingerprint density at radius 2 is 1.25 bits per heavy atom. The first kappa shape index (κ1) is 34.0. The third-order valence-corrected chi connectivity index (χ3v) is 5.74. The second-order valence-corrected chi connectivity index (χ2v) is 9.23. The Bertz CT molecular complexity index is 436. The summed E-state index contributed by atoms with van der Waals surface area (Å²) in [4.78, 5) is 24.4. The van der Waals surface area contributed by atoms with Crippen LogP contribution in [0.5, 0.6) is 0 Å². The summed E-state index contributed by atoms with van der Waals surface area (Å²) < 4.78 is 0. The van der Waals surface area contributed by atoms with Gasteiger partial charge in [-0.05, 0) is 12.3 Å². The van der Waals surface area contributed by atoms with Crippen molar-refractivity contribution in [1.82, 2.24) is 10.2 Å². The normalized spacial score (nSPS) is 11.0. The van der Waals surface area contributed by atoms with E-state index in [1.807, 2.05) is 4.90 Å². The van der Waals surface area contributed by atoms with Gasteiger partial charge in [0, 0.05) is 32.6 Å². The van der Waals surface area contributed by atoms with Crippen LogP contribution in [0.15, 0.2) is 0 Å². The van der Waals surface area contributed by atoms with E-state index in [1.54, 1.807) is 0 Å². The molecule has 0 saturated heterocycles.